The van der Waals surface area contributed by atoms with Gasteiger partial charge in [-0.3, -0.25) is 10.1 Å². The van der Waals surface area contributed by atoms with Gasteiger partial charge in [0.15, 0.2) is 5.11 Å². The molecule has 0 fully saturated rings. The largest absolute Gasteiger partial charge is 0.492 e. The lowest BCUT2D eigenvalue weighted by molar-refractivity contribution is 0.0974. The molecule has 0 aliphatic carbocycles. The Kier molecular flexibility index (Phi) is 8.91. The average Bonchev–Trinajstić information content (AvgIpc) is 2.69. The quantitative estimate of drug-likeness (QED) is 0.434. The molecule has 0 unspecified atom stereocenters. The van der Waals surface area contributed by atoms with Crippen LogP contribution in [-0.4, -0.2) is 35.6 Å². The van der Waals surface area contributed by atoms with Crippen LogP contribution in [0.1, 0.15) is 15.9 Å². The summed E-state index contributed by atoms with van der Waals surface area (Å²) in [6, 6.07) is 15.4. The minimum atomic E-state index is -0.278. The molecule has 1 N–H and O–H groups in total. The number of nitrogens with zero attached hydrogens (tertiary/aromatic N) is 1. The van der Waals surface area contributed by atoms with Crippen LogP contribution in [-0.2, 0) is 6.42 Å². The van der Waals surface area contributed by atoms with Crippen LogP contribution in [0.3, 0.4) is 0 Å². The molecule has 2 rings (SSSR count). The second-order valence-electron chi connectivity index (χ2n) is 5.97. The number of carbonyl (C=O) groups excluding carboxylic acids is 1. The number of ether oxygens (including phenoxy) is 1. The number of halogens is 1. The topological polar surface area (TPSA) is 41.6 Å². The fraction of sp³-hybridized carbons (Fsp3) is 0.182. The highest BCUT2D eigenvalue weighted by Crippen LogP contribution is 2.26. The summed E-state index contributed by atoms with van der Waals surface area (Å²) in [4.78, 5) is 14.3. The number of nitrogens with one attached hydrogen (secondary N) is 1. The maximum Gasteiger partial charge on any atom is 0.257 e. The molecule has 146 valence electrons. The summed E-state index contributed by atoms with van der Waals surface area (Å²) < 4.78 is 6.54. The third-order valence-corrected chi connectivity index (χ3v) is 4.87. The predicted octanol–water partition coefficient (Wildman–Crippen LogP) is 4.76. The van der Waals surface area contributed by atoms with Crippen molar-refractivity contribution in [1.82, 2.24) is 10.2 Å². The lowest BCUT2D eigenvalue weighted by Gasteiger charge is -2.22. The Morgan fingerprint density at radius 2 is 1.82 bits per heavy atom. The van der Waals surface area contributed by atoms with Gasteiger partial charge in [-0.1, -0.05) is 42.5 Å². The molecule has 1 amide bonds. The summed E-state index contributed by atoms with van der Waals surface area (Å²) in [7, 11) is 0. The van der Waals surface area contributed by atoms with Crippen molar-refractivity contribution in [3.8, 4) is 5.75 Å². The van der Waals surface area contributed by atoms with Gasteiger partial charge in [-0.25, -0.2) is 0 Å². The van der Waals surface area contributed by atoms with E-state index in [0.717, 1.165) is 6.42 Å². The van der Waals surface area contributed by atoms with E-state index in [1.807, 2.05) is 18.2 Å². The number of thiocarbonyl (C=S) groups is 1. The van der Waals surface area contributed by atoms with Crippen LogP contribution in [0.2, 0.25) is 0 Å². The molecule has 0 aliphatic rings. The third-order valence-electron chi connectivity index (χ3n) is 3.89. The second-order valence-corrected chi connectivity index (χ2v) is 7.21. The summed E-state index contributed by atoms with van der Waals surface area (Å²) in [5, 5.41) is 3.08. The molecular weight excluding hydrogens is 436 g/mol. The van der Waals surface area contributed by atoms with Gasteiger partial charge in [0.05, 0.1) is 11.1 Å². The molecule has 0 spiro atoms. The van der Waals surface area contributed by atoms with Crippen molar-refractivity contribution in [3.05, 3.63) is 89.4 Å². The van der Waals surface area contributed by atoms with Crippen LogP contribution < -0.4 is 10.1 Å². The Balaban J connectivity index is 1.94. The maximum atomic E-state index is 12.5. The molecule has 0 saturated carbocycles. The Morgan fingerprint density at radius 1 is 1.14 bits per heavy atom. The van der Waals surface area contributed by atoms with E-state index in [9.17, 15) is 4.79 Å². The van der Waals surface area contributed by atoms with E-state index in [1.165, 1.54) is 5.56 Å². The minimum Gasteiger partial charge on any atom is -0.492 e. The zero-order valence-electron chi connectivity index (χ0n) is 15.6. The second kappa shape index (κ2) is 11.4. The lowest BCUT2D eigenvalue weighted by atomic mass is 10.2. The molecule has 0 atom stereocenters. The zero-order valence-corrected chi connectivity index (χ0v) is 18.0. The van der Waals surface area contributed by atoms with E-state index in [2.05, 4.69) is 46.5 Å². The van der Waals surface area contributed by atoms with E-state index >= 15 is 0 Å². The van der Waals surface area contributed by atoms with Gasteiger partial charge in [-0.15, -0.1) is 13.2 Å². The van der Waals surface area contributed by atoms with Crippen molar-refractivity contribution in [2.75, 3.05) is 19.7 Å². The first-order valence-electron chi connectivity index (χ1n) is 8.83. The Hall–Kier alpha value is -2.44. The van der Waals surface area contributed by atoms with Crippen LogP contribution in [0.4, 0.5) is 0 Å². The lowest BCUT2D eigenvalue weighted by Crippen LogP contribution is -2.42. The number of amides is 1. The van der Waals surface area contributed by atoms with Gasteiger partial charge in [0.1, 0.15) is 5.75 Å². The van der Waals surface area contributed by atoms with Crippen molar-refractivity contribution in [3.63, 3.8) is 0 Å². The summed E-state index contributed by atoms with van der Waals surface area (Å²) in [6.07, 6.45) is 4.26. The third kappa shape index (κ3) is 6.62. The average molecular weight is 459 g/mol. The Bertz CT molecular complexity index is 830. The van der Waals surface area contributed by atoms with E-state index in [1.54, 1.807) is 35.3 Å². The molecule has 28 heavy (non-hydrogen) atoms. The fourth-order valence-electron chi connectivity index (χ4n) is 2.48. The smallest absolute Gasteiger partial charge is 0.257 e. The first kappa shape index (κ1) is 21.9. The van der Waals surface area contributed by atoms with Gasteiger partial charge in [0.2, 0.25) is 0 Å². The maximum absolute atomic E-state index is 12.5. The monoisotopic (exact) mass is 458 g/mol. The van der Waals surface area contributed by atoms with Crippen LogP contribution in [0.15, 0.2) is 78.3 Å². The van der Waals surface area contributed by atoms with Gasteiger partial charge in [0.25, 0.3) is 5.91 Å². The minimum absolute atomic E-state index is 0.278. The highest BCUT2D eigenvalue weighted by atomic mass is 79.9. The predicted molar refractivity (Wildman–Crippen MR) is 122 cm³/mol. The molecule has 0 aliphatic heterocycles. The SMILES string of the molecule is C=CCN(CC=C)C(=S)NC(=O)c1ccc(OCCc2ccccc2)c(Br)c1. The first-order chi connectivity index (χ1) is 13.5. The highest BCUT2D eigenvalue weighted by molar-refractivity contribution is 9.10. The number of rotatable bonds is 9. The van der Waals surface area contributed by atoms with Crippen LogP contribution in [0.5, 0.6) is 5.75 Å². The molecule has 2 aromatic rings. The van der Waals surface area contributed by atoms with Gasteiger partial charge >= 0.3 is 0 Å². The van der Waals surface area contributed by atoms with Crippen molar-refractivity contribution in [2.24, 2.45) is 0 Å². The molecule has 6 heteroatoms. The van der Waals surface area contributed by atoms with Crippen LogP contribution >= 0.6 is 28.1 Å². The summed E-state index contributed by atoms with van der Waals surface area (Å²) in [6.45, 7) is 9.01. The Morgan fingerprint density at radius 3 is 2.43 bits per heavy atom. The van der Waals surface area contributed by atoms with Crippen molar-refractivity contribution < 1.29 is 9.53 Å². The van der Waals surface area contributed by atoms with Gasteiger partial charge in [-0.2, -0.15) is 0 Å². The fourth-order valence-corrected chi connectivity index (χ4v) is 3.22. The summed E-state index contributed by atoms with van der Waals surface area (Å²) in [5.74, 6) is 0.412. The van der Waals surface area contributed by atoms with Crippen molar-refractivity contribution in [1.29, 1.82) is 0 Å². The molecular formula is C22H23BrN2O2S. The van der Waals surface area contributed by atoms with Gasteiger partial charge in [-0.05, 0) is 51.9 Å². The van der Waals surface area contributed by atoms with E-state index in [0.29, 0.717) is 40.6 Å². The van der Waals surface area contributed by atoms with E-state index in [4.69, 9.17) is 17.0 Å². The van der Waals surface area contributed by atoms with Gasteiger partial charge in [0, 0.05) is 25.1 Å². The molecule has 0 heterocycles. The number of benzene rings is 2. The normalized spacial score (nSPS) is 10.0. The van der Waals surface area contributed by atoms with E-state index in [-0.39, 0.29) is 5.91 Å². The van der Waals surface area contributed by atoms with Crippen LogP contribution in [0, 0.1) is 0 Å². The molecule has 0 bridgehead atoms. The van der Waals surface area contributed by atoms with Crippen molar-refractivity contribution in [2.45, 2.75) is 6.42 Å². The molecule has 4 nitrogen and oxygen atoms in total. The molecule has 0 saturated heterocycles. The molecule has 2 aromatic carbocycles. The molecule has 0 aromatic heterocycles. The standard InChI is InChI=1S/C22H23BrN2O2S/c1-3-13-25(14-4-2)22(28)24-21(26)18-10-11-20(19(23)16-18)27-15-12-17-8-6-5-7-9-17/h3-11,16H,1-2,12-15H2,(H,24,26,28). The number of hydrogen-bond donors (Lipinski definition) is 1. The summed E-state index contributed by atoms with van der Waals surface area (Å²) in [5.41, 5.74) is 1.70. The van der Waals surface area contributed by atoms with E-state index < -0.39 is 0 Å². The first-order valence-corrected chi connectivity index (χ1v) is 10.0. The van der Waals surface area contributed by atoms with Gasteiger partial charge < -0.3 is 9.64 Å². The number of carbonyl (C=O) groups is 1. The Labute approximate surface area is 180 Å². The molecule has 0 radical (unpaired) electrons. The highest BCUT2D eigenvalue weighted by Gasteiger charge is 2.14. The zero-order chi connectivity index (χ0) is 20.4. The van der Waals surface area contributed by atoms with Crippen molar-refractivity contribution >= 4 is 39.2 Å². The van der Waals surface area contributed by atoms with Crippen LogP contribution in [0.25, 0.3) is 0 Å². The number of hydrogen-bond acceptors (Lipinski definition) is 3. The summed E-state index contributed by atoms with van der Waals surface area (Å²) >= 11 is 8.78.